The Labute approximate surface area is 174 Å². The molecule has 162 valence electrons. The molecule has 0 spiro atoms. The van der Waals surface area contributed by atoms with Gasteiger partial charge in [0, 0.05) is 24.7 Å². The molecule has 0 radical (unpaired) electrons. The van der Waals surface area contributed by atoms with Crippen LogP contribution in [0.15, 0.2) is 24.5 Å². The van der Waals surface area contributed by atoms with Gasteiger partial charge in [0.1, 0.15) is 24.7 Å². The van der Waals surface area contributed by atoms with E-state index >= 15 is 0 Å². The molecule has 3 rings (SSSR count). The first-order chi connectivity index (χ1) is 14.4. The van der Waals surface area contributed by atoms with Crippen molar-refractivity contribution in [1.29, 1.82) is 0 Å². The van der Waals surface area contributed by atoms with Crippen LogP contribution in [0, 0.1) is 5.92 Å². The van der Waals surface area contributed by atoms with E-state index in [4.69, 9.17) is 4.74 Å². The monoisotopic (exact) mass is 417 g/mol. The summed E-state index contributed by atoms with van der Waals surface area (Å²) in [4.78, 5) is 27.2. The van der Waals surface area contributed by atoms with Gasteiger partial charge in [0.05, 0.1) is 18.2 Å². The maximum atomic E-state index is 13.3. The van der Waals surface area contributed by atoms with Crippen LogP contribution in [0.2, 0.25) is 0 Å². The zero-order valence-electron chi connectivity index (χ0n) is 17.3. The molecular weight excluding hydrogens is 390 g/mol. The zero-order chi connectivity index (χ0) is 21.7. The minimum atomic E-state index is -0.348. The zero-order valence-corrected chi connectivity index (χ0v) is 17.3. The number of ether oxygens (including phenoxy) is 1. The molecule has 2 heterocycles. The average molecular weight is 417 g/mol. The van der Waals surface area contributed by atoms with Crippen LogP contribution in [-0.2, 0) is 11.3 Å². The number of carbonyl (C=O) groups excluding carboxylic acids is 2. The van der Waals surface area contributed by atoms with E-state index in [0.717, 1.165) is 0 Å². The van der Waals surface area contributed by atoms with Crippen LogP contribution in [0.1, 0.15) is 24.2 Å². The highest BCUT2D eigenvalue weighted by Gasteiger charge is 2.32. The van der Waals surface area contributed by atoms with Gasteiger partial charge in [-0.1, -0.05) is 6.92 Å². The smallest absolute Gasteiger partial charge is 0.258 e. The molecular formula is C19H27N7O4. The van der Waals surface area contributed by atoms with E-state index in [1.165, 1.54) is 11.0 Å². The van der Waals surface area contributed by atoms with Crippen LogP contribution in [0.5, 0.6) is 5.75 Å². The van der Waals surface area contributed by atoms with Crippen molar-refractivity contribution in [2.75, 3.05) is 32.1 Å². The number of hydrogen-bond acceptors (Lipinski definition) is 8. The van der Waals surface area contributed by atoms with E-state index in [2.05, 4.69) is 26.2 Å². The predicted molar refractivity (Wildman–Crippen MR) is 108 cm³/mol. The number of anilines is 1. The lowest BCUT2D eigenvalue weighted by Gasteiger charge is -2.37. The molecule has 3 atom stereocenters. The van der Waals surface area contributed by atoms with Crippen molar-refractivity contribution in [3.63, 3.8) is 0 Å². The molecule has 11 heteroatoms. The van der Waals surface area contributed by atoms with E-state index in [9.17, 15) is 14.7 Å². The first-order valence-electron chi connectivity index (χ1n) is 9.80. The Morgan fingerprint density at radius 3 is 2.90 bits per heavy atom. The number of hydrogen-bond donors (Lipinski definition) is 3. The Kier molecular flexibility index (Phi) is 6.95. The minimum Gasteiger partial charge on any atom is -0.488 e. The molecule has 2 aromatic rings. The average Bonchev–Trinajstić information content (AvgIpc) is 3.23. The van der Waals surface area contributed by atoms with Gasteiger partial charge in [-0.05, 0) is 42.6 Å². The van der Waals surface area contributed by atoms with E-state index in [1.54, 1.807) is 30.0 Å². The molecule has 1 aromatic heterocycles. The number of aliphatic hydroxyl groups excluding tert-OH is 1. The SMILES string of the molecule is CNC[C@@H]1Oc2ccc(NC(=O)Cn3cnnn3)cc2C(=O)N([C@@H](C)CO)C[C@H]1C. The Hall–Kier alpha value is -3.05. The van der Waals surface area contributed by atoms with Crippen LogP contribution >= 0.6 is 0 Å². The summed E-state index contributed by atoms with van der Waals surface area (Å²) in [6.45, 7) is 4.68. The van der Waals surface area contributed by atoms with Crippen LogP contribution in [-0.4, -0.2) is 80.9 Å². The number of nitrogens with zero attached hydrogens (tertiary/aromatic N) is 5. The van der Waals surface area contributed by atoms with Crippen LogP contribution in [0.3, 0.4) is 0 Å². The standard InChI is InChI=1S/C19H27N7O4/c1-12-8-26(13(2)10-27)19(29)15-6-14(4-5-16(15)30-17(12)7-20-3)22-18(28)9-25-11-21-23-24-25/h4-6,11-13,17,20,27H,7-10H2,1-3H3,(H,22,28)/t12-,13+,17+/m1/s1. The maximum Gasteiger partial charge on any atom is 0.258 e. The first kappa shape index (κ1) is 21.7. The molecule has 3 N–H and O–H groups in total. The third kappa shape index (κ3) is 4.92. The lowest BCUT2D eigenvalue weighted by Crippen LogP contribution is -2.49. The van der Waals surface area contributed by atoms with Gasteiger partial charge in [-0.15, -0.1) is 5.10 Å². The molecule has 1 aliphatic heterocycles. The van der Waals surface area contributed by atoms with Crippen molar-refractivity contribution in [3.05, 3.63) is 30.1 Å². The van der Waals surface area contributed by atoms with Gasteiger partial charge in [0.25, 0.3) is 5.91 Å². The van der Waals surface area contributed by atoms with Gasteiger partial charge in [-0.3, -0.25) is 9.59 Å². The molecule has 0 aliphatic carbocycles. The lowest BCUT2D eigenvalue weighted by molar-refractivity contribution is -0.116. The third-order valence-corrected chi connectivity index (χ3v) is 5.05. The fourth-order valence-electron chi connectivity index (χ4n) is 3.35. The van der Waals surface area contributed by atoms with Crippen molar-refractivity contribution >= 4 is 17.5 Å². The lowest BCUT2D eigenvalue weighted by atomic mass is 9.99. The predicted octanol–water partition coefficient (Wildman–Crippen LogP) is -0.249. The molecule has 1 aliphatic rings. The van der Waals surface area contributed by atoms with Gasteiger partial charge in [0.15, 0.2) is 0 Å². The first-order valence-corrected chi connectivity index (χ1v) is 9.80. The van der Waals surface area contributed by atoms with E-state index < -0.39 is 0 Å². The summed E-state index contributed by atoms with van der Waals surface area (Å²) in [6.07, 6.45) is 1.19. The van der Waals surface area contributed by atoms with Crippen LogP contribution < -0.4 is 15.4 Å². The topological polar surface area (TPSA) is 134 Å². The molecule has 11 nitrogen and oxygen atoms in total. The number of nitrogens with one attached hydrogen (secondary N) is 2. The molecule has 0 saturated heterocycles. The minimum absolute atomic E-state index is 0.0516. The number of benzene rings is 1. The number of fused-ring (bicyclic) bond motifs is 1. The molecule has 0 saturated carbocycles. The second-order valence-electron chi connectivity index (χ2n) is 7.45. The van der Waals surface area contributed by atoms with E-state index in [0.29, 0.717) is 30.1 Å². The summed E-state index contributed by atoms with van der Waals surface area (Å²) in [5.74, 6) is -0.0822. The number of aromatic nitrogens is 4. The Morgan fingerprint density at radius 2 is 2.23 bits per heavy atom. The van der Waals surface area contributed by atoms with Crippen molar-refractivity contribution in [2.45, 2.75) is 32.5 Å². The summed E-state index contributed by atoms with van der Waals surface area (Å²) < 4.78 is 7.45. The van der Waals surface area contributed by atoms with Gasteiger partial charge in [0.2, 0.25) is 5.91 Å². The number of likely N-dealkylation sites (N-methyl/N-ethyl adjacent to an activating group) is 1. The van der Waals surface area contributed by atoms with Gasteiger partial charge >= 0.3 is 0 Å². The second-order valence-corrected chi connectivity index (χ2v) is 7.45. The number of tetrazole rings is 1. The normalized spacial score (nSPS) is 20.0. The van der Waals surface area contributed by atoms with Gasteiger partial charge in [-0.25, -0.2) is 4.68 Å². The van der Waals surface area contributed by atoms with Crippen molar-refractivity contribution in [1.82, 2.24) is 30.4 Å². The summed E-state index contributed by atoms with van der Waals surface area (Å²) in [7, 11) is 1.85. The highest BCUT2D eigenvalue weighted by molar-refractivity contribution is 5.99. The fourth-order valence-corrected chi connectivity index (χ4v) is 3.35. The maximum absolute atomic E-state index is 13.3. The number of aliphatic hydroxyl groups is 1. The van der Waals surface area contributed by atoms with E-state index in [1.807, 2.05) is 14.0 Å². The number of amides is 2. The van der Waals surface area contributed by atoms with Crippen molar-refractivity contribution < 1.29 is 19.4 Å². The number of rotatable bonds is 7. The molecule has 2 amide bonds. The fraction of sp³-hybridized carbons (Fsp3) is 0.526. The number of carbonyl (C=O) groups is 2. The van der Waals surface area contributed by atoms with Gasteiger partial charge in [-0.2, -0.15) is 0 Å². The molecule has 1 aromatic carbocycles. The quantitative estimate of drug-likeness (QED) is 0.561. The highest BCUT2D eigenvalue weighted by Crippen LogP contribution is 2.30. The Balaban J connectivity index is 1.89. The van der Waals surface area contributed by atoms with Crippen LogP contribution in [0.4, 0.5) is 5.69 Å². The largest absolute Gasteiger partial charge is 0.488 e. The van der Waals surface area contributed by atoms with E-state index in [-0.39, 0.29) is 43.0 Å². The van der Waals surface area contributed by atoms with Crippen LogP contribution in [0.25, 0.3) is 0 Å². The highest BCUT2D eigenvalue weighted by atomic mass is 16.5. The Morgan fingerprint density at radius 1 is 1.43 bits per heavy atom. The molecule has 0 bridgehead atoms. The third-order valence-electron chi connectivity index (χ3n) is 5.05. The van der Waals surface area contributed by atoms with Crippen molar-refractivity contribution in [2.24, 2.45) is 5.92 Å². The summed E-state index contributed by atoms with van der Waals surface area (Å²) in [6, 6.07) is 4.62. The Bertz CT molecular complexity index is 874. The van der Waals surface area contributed by atoms with Crippen molar-refractivity contribution in [3.8, 4) is 5.75 Å². The second kappa shape index (κ2) is 9.63. The van der Waals surface area contributed by atoms with Gasteiger partial charge < -0.3 is 25.4 Å². The molecule has 0 unspecified atom stereocenters. The summed E-state index contributed by atoms with van der Waals surface area (Å²) in [5, 5.41) is 26.2. The molecule has 0 fully saturated rings. The molecule has 30 heavy (non-hydrogen) atoms. The summed E-state index contributed by atoms with van der Waals surface area (Å²) >= 11 is 0. The summed E-state index contributed by atoms with van der Waals surface area (Å²) in [5.41, 5.74) is 0.794.